The molecule has 1 fully saturated rings. The van der Waals surface area contributed by atoms with Crippen LogP contribution in [0.15, 0.2) is 82.8 Å². The zero-order valence-corrected chi connectivity index (χ0v) is 17.7. The van der Waals surface area contributed by atoms with Crippen LogP contribution in [0.5, 0.6) is 5.75 Å². The van der Waals surface area contributed by atoms with Gasteiger partial charge in [0.1, 0.15) is 5.75 Å². The van der Waals surface area contributed by atoms with Crippen LogP contribution in [0.25, 0.3) is 0 Å². The molecule has 0 unspecified atom stereocenters. The molecule has 0 saturated carbocycles. The minimum Gasteiger partial charge on any atom is -0.496 e. The van der Waals surface area contributed by atoms with Gasteiger partial charge in [0.25, 0.3) is 0 Å². The normalized spacial score (nSPS) is 17.6. The molecule has 0 spiro atoms. The molecule has 1 saturated heterocycles. The molecule has 5 nitrogen and oxygen atoms in total. The largest absolute Gasteiger partial charge is 0.496 e. The maximum atomic E-state index is 13.1. The molecule has 3 aromatic rings. The molecule has 6 heteroatoms. The van der Waals surface area contributed by atoms with Crippen molar-refractivity contribution in [3.8, 4) is 5.75 Å². The van der Waals surface area contributed by atoms with E-state index < -0.39 is 9.84 Å². The lowest BCUT2D eigenvalue weighted by Crippen LogP contribution is -2.34. The molecule has 4 rings (SSSR count). The van der Waals surface area contributed by atoms with Gasteiger partial charge in [-0.05, 0) is 67.3 Å². The third-order valence-electron chi connectivity index (χ3n) is 5.49. The molecule has 0 aliphatic carbocycles. The van der Waals surface area contributed by atoms with Crippen LogP contribution < -0.4 is 10.1 Å². The van der Waals surface area contributed by atoms with E-state index in [1.807, 2.05) is 18.2 Å². The quantitative estimate of drug-likeness (QED) is 0.647. The fourth-order valence-corrected chi connectivity index (χ4v) is 5.26. The molecule has 155 valence electrons. The number of aromatic nitrogens is 1. The Bertz CT molecular complexity index is 1090. The molecule has 0 amide bonds. The predicted octanol–water partition coefficient (Wildman–Crippen LogP) is 4.16. The second-order valence-electron chi connectivity index (χ2n) is 7.40. The van der Waals surface area contributed by atoms with Crippen molar-refractivity contribution in [2.24, 2.45) is 0 Å². The van der Waals surface area contributed by atoms with Gasteiger partial charge in [-0.25, -0.2) is 8.42 Å². The molecule has 1 radical (unpaired) electrons. The van der Waals surface area contributed by atoms with Crippen LogP contribution in [-0.4, -0.2) is 27.1 Å². The number of pyridine rings is 1. The Hall–Kier alpha value is -2.70. The van der Waals surface area contributed by atoms with Crippen molar-refractivity contribution < 1.29 is 13.2 Å². The van der Waals surface area contributed by atoms with Crippen LogP contribution >= 0.6 is 0 Å². The number of nitrogens with zero attached hydrogens (tertiary/aromatic N) is 1. The van der Waals surface area contributed by atoms with Crippen LogP contribution in [-0.2, 0) is 16.3 Å². The molecule has 1 aliphatic rings. The number of piperidine rings is 1. The van der Waals surface area contributed by atoms with Crippen LogP contribution in [0.4, 0.5) is 0 Å². The minimum absolute atomic E-state index is 0.156. The summed E-state index contributed by atoms with van der Waals surface area (Å²) in [6, 6.07) is 18.8. The number of benzene rings is 2. The minimum atomic E-state index is -3.64. The number of hydrogen-bond donors (Lipinski definition) is 1. The maximum absolute atomic E-state index is 13.1. The van der Waals surface area contributed by atoms with E-state index >= 15 is 0 Å². The number of sulfone groups is 1. The van der Waals surface area contributed by atoms with Crippen molar-refractivity contribution in [3.05, 3.63) is 90.1 Å². The van der Waals surface area contributed by atoms with Gasteiger partial charge in [0.05, 0.1) is 16.9 Å². The highest BCUT2D eigenvalue weighted by Gasteiger charge is 2.28. The molecular weight excluding hydrogens is 396 g/mol. The highest BCUT2D eigenvalue weighted by molar-refractivity contribution is 7.91. The summed E-state index contributed by atoms with van der Waals surface area (Å²) in [6.07, 6.45) is 5.66. The summed E-state index contributed by atoms with van der Waals surface area (Å²) in [5.74, 6) is 2.03. The number of rotatable bonds is 6. The third kappa shape index (κ3) is 4.25. The summed E-state index contributed by atoms with van der Waals surface area (Å²) in [6.45, 7) is 0.968. The number of hydrogen-bond acceptors (Lipinski definition) is 5. The van der Waals surface area contributed by atoms with Gasteiger partial charge in [0, 0.05) is 24.4 Å². The van der Waals surface area contributed by atoms with E-state index in [1.165, 1.54) is 17.7 Å². The van der Waals surface area contributed by atoms with Gasteiger partial charge in [-0.3, -0.25) is 4.98 Å². The molecular formula is C24H25N2O3S. The maximum Gasteiger partial charge on any atom is 0.208 e. The first-order valence-corrected chi connectivity index (χ1v) is 11.5. The zero-order valence-electron chi connectivity index (χ0n) is 16.9. The molecule has 1 aliphatic heterocycles. The van der Waals surface area contributed by atoms with E-state index in [1.54, 1.807) is 43.6 Å². The summed E-state index contributed by atoms with van der Waals surface area (Å²) < 4.78 is 31.7. The first kappa shape index (κ1) is 20.6. The van der Waals surface area contributed by atoms with E-state index in [4.69, 9.17) is 4.74 Å². The molecule has 2 aromatic carbocycles. The summed E-state index contributed by atoms with van der Waals surface area (Å²) in [5.41, 5.74) is 2.10. The summed E-state index contributed by atoms with van der Waals surface area (Å²) >= 11 is 0. The second kappa shape index (κ2) is 8.98. The third-order valence-corrected chi connectivity index (χ3v) is 7.23. The molecule has 1 atom stereocenters. The smallest absolute Gasteiger partial charge is 0.208 e. The second-order valence-corrected chi connectivity index (χ2v) is 9.35. The first-order chi connectivity index (χ1) is 14.6. The Morgan fingerprint density at radius 3 is 2.63 bits per heavy atom. The predicted molar refractivity (Wildman–Crippen MR) is 116 cm³/mol. The van der Waals surface area contributed by atoms with Gasteiger partial charge >= 0.3 is 0 Å². The van der Waals surface area contributed by atoms with Crippen LogP contribution in [0.2, 0.25) is 0 Å². The summed E-state index contributed by atoms with van der Waals surface area (Å²) in [7, 11) is -2.02. The number of nitrogens with one attached hydrogen (secondary N) is 1. The SMILES string of the molecule is COc1ccc(S(=O)(=O)c2cccnc2)cc1C[C]1CCCN[C@@H]1c1ccccc1. The van der Waals surface area contributed by atoms with Crippen molar-refractivity contribution in [3.63, 3.8) is 0 Å². The van der Waals surface area contributed by atoms with Gasteiger partial charge in [-0.2, -0.15) is 0 Å². The molecule has 1 N–H and O–H groups in total. The van der Waals surface area contributed by atoms with E-state index in [-0.39, 0.29) is 15.8 Å². The average molecular weight is 422 g/mol. The Balaban J connectivity index is 1.67. The molecule has 0 bridgehead atoms. The first-order valence-electron chi connectivity index (χ1n) is 10.0. The van der Waals surface area contributed by atoms with E-state index in [9.17, 15) is 8.42 Å². The van der Waals surface area contributed by atoms with Crippen molar-refractivity contribution >= 4 is 9.84 Å². The Morgan fingerprint density at radius 1 is 1.07 bits per heavy atom. The van der Waals surface area contributed by atoms with Gasteiger partial charge in [-0.1, -0.05) is 30.3 Å². The number of ether oxygens (including phenoxy) is 1. The standard InChI is InChI=1S/C24H25N2O3S/c1-29-23-12-11-21(30(27,28)22-10-6-13-25-17-22)16-20(23)15-19-9-5-14-26-24(19)18-7-3-2-4-8-18/h2-4,6-8,10-13,16-17,24,26H,5,9,14-15H2,1H3/t24-/m1/s1. The number of methoxy groups -OCH3 is 1. The van der Waals surface area contributed by atoms with Gasteiger partial charge in [0.15, 0.2) is 0 Å². The fraction of sp³-hybridized carbons (Fsp3) is 0.250. The molecule has 1 aromatic heterocycles. The fourth-order valence-electron chi connectivity index (χ4n) is 3.99. The molecule has 2 heterocycles. The van der Waals surface area contributed by atoms with Crippen molar-refractivity contribution in [2.45, 2.75) is 35.1 Å². The monoisotopic (exact) mass is 421 g/mol. The Morgan fingerprint density at radius 2 is 1.90 bits per heavy atom. The Kier molecular flexibility index (Phi) is 6.16. The average Bonchev–Trinajstić information content (AvgIpc) is 2.80. The van der Waals surface area contributed by atoms with Crippen molar-refractivity contribution in [2.75, 3.05) is 13.7 Å². The van der Waals surface area contributed by atoms with Gasteiger partial charge in [-0.15, -0.1) is 0 Å². The lowest BCUT2D eigenvalue weighted by molar-refractivity contribution is 0.400. The van der Waals surface area contributed by atoms with E-state index in [0.29, 0.717) is 12.2 Å². The summed E-state index contributed by atoms with van der Waals surface area (Å²) in [5, 5.41) is 3.61. The lowest BCUT2D eigenvalue weighted by atomic mass is 9.82. The van der Waals surface area contributed by atoms with E-state index in [0.717, 1.165) is 24.9 Å². The highest BCUT2D eigenvalue weighted by Crippen LogP contribution is 2.37. The lowest BCUT2D eigenvalue weighted by Gasteiger charge is -2.33. The van der Waals surface area contributed by atoms with Crippen LogP contribution in [0.1, 0.15) is 30.0 Å². The van der Waals surface area contributed by atoms with Gasteiger partial charge in [0.2, 0.25) is 9.84 Å². The van der Waals surface area contributed by atoms with Crippen LogP contribution in [0.3, 0.4) is 0 Å². The van der Waals surface area contributed by atoms with Crippen LogP contribution in [0, 0.1) is 5.92 Å². The topological polar surface area (TPSA) is 68.3 Å². The highest BCUT2D eigenvalue weighted by atomic mass is 32.2. The van der Waals surface area contributed by atoms with Gasteiger partial charge < -0.3 is 10.1 Å². The Labute approximate surface area is 178 Å². The van der Waals surface area contributed by atoms with E-state index in [2.05, 4.69) is 22.4 Å². The van der Waals surface area contributed by atoms with Crippen molar-refractivity contribution in [1.29, 1.82) is 0 Å². The van der Waals surface area contributed by atoms with Crippen molar-refractivity contribution in [1.82, 2.24) is 10.3 Å². The summed E-state index contributed by atoms with van der Waals surface area (Å²) in [4.78, 5) is 4.40. The zero-order chi connectivity index (χ0) is 21.0. The molecule has 30 heavy (non-hydrogen) atoms.